The number of methoxy groups -OCH3 is 1. The van der Waals surface area contributed by atoms with Crippen molar-refractivity contribution in [1.82, 2.24) is 0 Å². The normalized spacial score (nSPS) is 12.6. The van der Waals surface area contributed by atoms with Crippen LogP contribution in [0.1, 0.15) is 11.1 Å². The molecule has 0 radical (unpaired) electrons. The summed E-state index contributed by atoms with van der Waals surface area (Å²) >= 11 is 0. The number of alkyl halides is 3. The SMILES string of the molecule is COc1ccc(C(F)(F)F)cc1C[B-](F)(F)F. The van der Waals surface area contributed by atoms with E-state index in [0.29, 0.717) is 12.1 Å². The molecule has 1 rings (SSSR count). The van der Waals surface area contributed by atoms with Gasteiger partial charge in [-0.25, -0.2) is 0 Å². The summed E-state index contributed by atoms with van der Waals surface area (Å²) < 4.78 is 78.2. The predicted octanol–water partition coefficient (Wildman–Crippen LogP) is 3.64. The van der Waals surface area contributed by atoms with Gasteiger partial charge in [-0.3, -0.25) is 0 Å². The van der Waals surface area contributed by atoms with Crippen molar-refractivity contribution < 1.29 is 30.9 Å². The summed E-state index contributed by atoms with van der Waals surface area (Å²) in [5.41, 5.74) is -1.62. The van der Waals surface area contributed by atoms with E-state index in [2.05, 4.69) is 4.74 Å². The van der Waals surface area contributed by atoms with E-state index >= 15 is 0 Å². The fourth-order valence-electron chi connectivity index (χ4n) is 1.36. The summed E-state index contributed by atoms with van der Waals surface area (Å²) in [5.74, 6) is -0.197. The van der Waals surface area contributed by atoms with E-state index in [0.717, 1.165) is 13.2 Å². The Bertz CT molecular complexity index is 397. The lowest BCUT2D eigenvalue weighted by atomic mass is 9.81. The number of rotatable bonds is 3. The van der Waals surface area contributed by atoms with E-state index in [-0.39, 0.29) is 5.75 Å². The van der Waals surface area contributed by atoms with E-state index in [1.807, 2.05) is 0 Å². The van der Waals surface area contributed by atoms with E-state index in [9.17, 15) is 26.1 Å². The molecule has 1 aromatic carbocycles. The van der Waals surface area contributed by atoms with Crippen LogP contribution in [0, 0.1) is 0 Å². The molecule has 0 atom stereocenters. The Morgan fingerprint density at radius 2 is 1.76 bits per heavy atom. The Kier molecular flexibility index (Phi) is 3.64. The molecule has 0 aliphatic heterocycles. The number of ether oxygens (including phenoxy) is 1. The Morgan fingerprint density at radius 3 is 2.18 bits per heavy atom. The minimum atomic E-state index is -5.21. The molecule has 0 fully saturated rings. The van der Waals surface area contributed by atoms with Gasteiger partial charge in [-0.05, 0) is 23.8 Å². The van der Waals surface area contributed by atoms with Crippen LogP contribution in [-0.2, 0) is 12.5 Å². The number of hydrogen-bond acceptors (Lipinski definition) is 1. The first-order chi connectivity index (χ1) is 7.63. The van der Waals surface area contributed by atoms with Crippen molar-refractivity contribution in [3.63, 3.8) is 0 Å². The minimum absolute atomic E-state index is 0.197. The van der Waals surface area contributed by atoms with Gasteiger partial charge in [0, 0.05) is 0 Å². The third-order valence-electron chi connectivity index (χ3n) is 2.06. The van der Waals surface area contributed by atoms with E-state index in [1.165, 1.54) is 0 Å². The van der Waals surface area contributed by atoms with Crippen LogP contribution < -0.4 is 4.74 Å². The Balaban J connectivity index is 3.16. The van der Waals surface area contributed by atoms with Gasteiger partial charge in [0.15, 0.2) is 0 Å². The molecule has 0 saturated heterocycles. The molecule has 1 nitrogen and oxygen atoms in total. The first kappa shape index (κ1) is 13.7. The van der Waals surface area contributed by atoms with Gasteiger partial charge >= 0.3 is 13.2 Å². The number of benzene rings is 1. The molecule has 96 valence electrons. The van der Waals surface area contributed by atoms with Crippen molar-refractivity contribution in [3.8, 4) is 5.75 Å². The second kappa shape index (κ2) is 4.50. The standard InChI is InChI=1S/C9H8BF6O/c1-17-8-3-2-7(9(11,12)13)4-6(8)5-10(14,15)16/h2-4H,5H2,1H3/q-1. The van der Waals surface area contributed by atoms with Crippen LogP contribution in [0.2, 0.25) is 0 Å². The highest BCUT2D eigenvalue weighted by atomic mass is 19.4. The Hall–Kier alpha value is -1.34. The average Bonchev–Trinajstić information content (AvgIpc) is 2.13. The van der Waals surface area contributed by atoms with Gasteiger partial charge in [0.05, 0.1) is 12.7 Å². The lowest BCUT2D eigenvalue weighted by Crippen LogP contribution is -2.20. The third kappa shape index (κ3) is 3.87. The molecular weight excluding hydrogens is 249 g/mol. The predicted molar refractivity (Wildman–Crippen MR) is 50.8 cm³/mol. The summed E-state index contributed by atoms with van der Waals surface area (Å²) in [6.07, 6.45) is -6.06. The van der Waals surface area contributed by atoms with Gasteiger partial charge in [-0.1, -0.05) is 6.32 Å². The Labute approximate surface area is 93.4 Å². The molecule has 0 aromatic heterocycles. The van der Waals surface area contributed by atoms with Crippen molar-refractivity contribution >= 4 is 6.98 Å². The minimum Gasteiger partial charge on any atom is -0.497 e. The maximum Gasteiger partial charge on any atom is 0.482 e. The summed E-state index contributed by atoms with van der Waals surface area (Å²) in [4.78, 5) is 0. The molecule has 0 heterocycles. The lowest BCUT2D eigenvalue weighted by molar-refractivity contribution is -0.137. The van der Waals surface area contributed by atoms with Crippen LogP contribution in [0.25, 0.3) is 0 Å². The highest BCUT2D eigenvalue weighted by molar-refractivity contribution is 6.57. The summed E-state index contributed by atoms with van der Waals surface area (Å²) in [5, 5.41) is 0. The fourth-order valence-corrected chi connectivity index (χ4v) is 1.36. The second-order valence-electron chi connectivity index (χ2n) is 3.44. The topological polar surface area (TPSA) is 9.23 Å². The zero-order chi connectivity index (χ0) is 13.3. The highest BCUT2D eigenvalue weighted by Gasteiger charge is 2.32. The zero-order valence-electron chi connectivity index (χ0n) is 8.69. The maximum atomic E-state index is 12.3. The monoisotopic (exact) mass is 257 g/mol. The van der Waals surface area contributed by atoms with Crippen molar-refractivity contribution in [2.75, 3.05) is 7.11 Å². The van der Waals surface area contributed by atoms with Crippen molar-refractivity contribution in [1.29, 1.82) is 0 Å². The van der Waals surface area contributed by atoms with Gasteiger partial charge in [-0.2, -0.15) is 13.2 Å². The van der Waals surface area contributed by atoms with Gasteiger partial charge in [0.25, 0.3) is 0 Å². The first-order valence-corrected chi connectivity index (χ1v) is 4.58. The molecule has 0 amide bonds. The van der Waals surface area contributed by atoms with E-state index in [1.54, 1.807) is 0 Å². The Morgan fingerprint density at radius 1 is 1.18 bits per heavy atom. The molecule has 17 heavy (non-hydrogen) atoms. The highest BCUT2D eigenvalue weighted by Crippen LogP contribution is 2.34. The van der Waals surface area contributed by atoms with Crippen molar-refractivity contribution in [3.05, 3.63) is 29.3 Å². The molecule has 0 saturated carbocycles. The fraction of sp³-hybridized carbons (Fsp3) is 0.333. The van der Waals surface area contributed by atoms with Gasteiger partial charge in [0.1, 0.15) is 5.75 Å². The van der Waals surface area contributed by atoms with Crippen LogP contribution in [-0.4, -0.2) is 14.1 Å². The lowest BCUT2D eigenvalue weighted by Gasteiger charge is -2.17. The molecule has 0 unspecified atom stereocenters. The molecule has 0 spiro atoms. The quantitative estimate of drug-likeness (QED) is 0.593. The summed E-state index contributed by atoms with van der Waals surface area (Å²) in [7, 11) is 1.11. The van der Waals surface area contributed by atoms with Gasteiger partial charge < -0.3 is 17.7 Å². The van der Waals surface area contributed by atoms with Gasteiger partial charge in [-0.15, -0.1) is 0 Å². The summed E-state index contributed by atoms with van der Waals surface area (Å²) in [6.45, 7) is -5.21. The number of halogens is 6. The zero-order valence-corrected chi connectivity index (χ0v) is 8.69. The average molecular weight is 257 g/mol. The molecular formula is C9H8BF6O-. The smallest absolute Gasteiger partial charge is 0.482 e. The molecule has 1 aromatic rings. The van der Waals surface area contributed by atoms with E-state index < -0.39 is 30.6 Å². The van der Waals surface area contributed by atoms with Crippen molar-refractivity contribution in [2.24, 2.45) is 0 Å². The van der Waals surface area contributed by atoms with Gasteiger partial charge in [0.2, 0.25) is 0 Å². The van der Waals surface area contributed by atoms with Crippen LogP contribution in [0.15, 0.2) is 18.2 Å². The number of hydrogen-bond donors (Lipinski definition) is 0. The largest absolute Gasteiger partial charge is 0.497 e. The van der Waals surface area contributed by atoms with Crippen LogP contribution in [0.3, 0.4) is 0 Å². The molecule has 0 aliphatic carbocycles. The molecule has 0 bridgehead atoms. The third-order valence-corrected chi connectivity index (χ3v) is 2.06. The van der Waals surface area contributed by atoms with E-state index in [4.69, 9.17) is 0 Å². The first-order valence-electron chi connectivity index (χ1n) is 4.58. The molecule has 0 N–H and O–H groups in total. The maximum absolute atomic E-state index is 12.3. The van der Waals surface area contributed by atoms with Crippen LogP contribution >= 0.6 is 0 Å². The van der Waals surface area contributed by atoms with Crippen LogP contribution in [0.4, 0.5) is 26.1 Å². The summed E-state index contributed by atoms with van der Waals surface area (Å²) in [6, 6.07) is 2.04. The molecule has 0 aliphatic rings. The van der Waals surface area contributed by atoms with Crippen LogP contribution in [0.5, 0.6) is 5.75 Å². The molecule has 8 heteroatoms. The second-order valence-corrected chi connectivity index (χ2v) is 3.44. The van der Waals surface area contributed by atoms with Crippen molar-refractivity contribution in [2.45, 2.75) is 12.5 Å².